The summed E-state index contributed by atoms with van der Waals surface area (Å²) in [5.41, 5.74) is 3.32. The van der Waals surface area contributed by atoms with Crippen LogP contribution in [0.15, 0.2) is 24.3 Å². The van der Waals surface area contributed by atoms with Crippen molar-refractivity contribution in [2.45, 2.75) is 33.8 Å². The third kappa shape index (κ3) is 4.56. The fraction of sp³-hybridized carbons (Fsp3) is 0.316. The van der Waals surface area contributed by atoms with Gasteiger partial charge < -0.3 is 10.1 Å². The Morgan fingerprint density at radius 3 is 2.58 bits per heavy atom. The van der Waals surface area contributed by atoms with Gasteiger partial charge in [-0.15, -0.1) is 0 Å². The maximum absolute atomic E-state index is 13.5. The van der Waals surface area contributed by atoms with Crippen molar-refractivity contribution in [3.05, 3.63) is 52.6 Å². The number of aromatic nitrogens is 2. The second-order valence-corrected chi connectivity index (χ2v) is 6.07. The summed E-state index contributed by atoms with van der Waals surface area (Å²) in [5, 5.41) is 6.77. The molecule has 0 saturated heterocycles. The lowest BCUT2D eigenvalue weighted by Gasteiger charge is -2.12. The number of esters is 1. The van der Waals surface area contributed by atoms with E-state index in [2.05, 4.69) is 10.4 Å². The van der Waals surface area contributed by atoms with Crippen LogP contribution in [0.1, 0.15) is 29.4 Å². The van der Waals surface area contributed by atoms with Crippen LogP contribution >= 0.6 is 0 Å². The van der Waals surface area contributed by atoms with E-state index >= 15 is 0 Å². The number of rotatable bonds is 5. The molecule has 0 bridgehead atoms. The van der Waals surface area contributed by atoms with Gasteiger partial charge in [-0.1, -0.05) is 6.07 Å². The number of amides is 1. The van der Waals surface area contributed by atoms with E-state index in [1.165, 1.54) is 19.1 Å². The van der Waals surface area contributed by atoms with Gasteiger partial charge in [-0.25, -0.2) is 9.18 Å². The number of nitrogens with one attached hydrogen (secondary N) is 1. The number of halogens is 1. The quantitative estimate of drug-likeness (QED) is 0.658. The van der Waals surface area contributed by atoms with Crippen LogP contribution in [-0.4, -0.2) is 27.8 Å². The van der Waals surface area contributed by atoms with Crippen LogP contribution in [0.4, 0.5) is 10.1 Å². The molecule has 0 aliphatic heterocycles. The highest BCUT2D eigenvalue weighted by Gasteiger charge is 2.17. The van der Waals surface area contributed by atoms with Crippen LogP contribution in [0, 0.1) is 26.6 Å². The Balaban J connectivity index is 1.96. The lowest BCUT2D eigenvalue weighted by molar-refractivity contribution is -0.148. The van der Waals surface area contributed by atoms with Crippen LogP contribution in [0.3, 0.4) is 0 Å². The smallest absolute Gasteiger partial charge is 0.331 e. The van der Waals surface area contributed by atoms with Crippen LogP contribution in [0.25, 0.3) is 6.08 Å². The number of anilines is 1. The van der Waals surface area contributed by atoms with Crippen LogP contribution in [0.2, 0.25) is 0 Å². The van der Waals surface area contributed by atoms with E-state index in [0.717, 1.165) is 17.0 Å². The van der Waals surface area contributed by atoms with Crippen molar-refractivity contribution in [3.63, 3.8) is 0 Å². The summed E-state index contributed by atoms with van der Waals surface area (Å²) in [6.07, 6.45) is 1.85. The molecule has 2 aromatic rings. The molecule has 0 unspecified atom stereocenters. The number of carbonyl (C=O) groups is 2. The molecule has 0 saturated carbocycles. The Morgan fingerprint density at radius 2 is 2.00 bits per heavy atom. The first-order valence-electron chi connectivity index (χ1n) is 8.15. The molecule has 1 heterocycles. The molecule has 7 heteroatoms. The van der Waals surface area contributed by atoms with Crippen molar-refractivity contribution in [1.29, 1.82) is 0 Å². The highest BCUT2D eigenvalue weighted by molar-refractivity contribution is 5.96. The molecule has 138 valence electrons. The van der Waals surface area contributed by atoms with Crippen molar-refractivity contribution in [3.8, 4) is 0 Å². The van der Waals surface area contributed by atoms with Crippen molar-refractivity contribution in [2.24, 2.45) is 7.05 Å². The third-order valence-corrected chi connectivity index (χ3v) is 4.05. The summed E-state index contributed by atoms with van der Waals surface area (Å²) in [6.45, 7) is 6.81. The molecule has 0 aliphatic rings. The van der Waals surface area contributed by atoms with Gasteiger partial charge in [0.25, 0.3) is 5.91 Å². The van der Waals surface area contributed by atoms with Gasteiger partial charge in [0.05, 0.1) is 5.69 Å². The maximum Gasteiger partial charge on any atom is 0.331 e. The minimum atomic E-state index is -1.02. The van der Waals surface area contributed by atoms with Crippen LogP contribution in [-0.2, 0) is 21.4 Å². The fourth-order valence-electron chi connectivity index (χ4n) is 2.36. The minimum absolute atomic E-state index is 0.304. The standard InChI is InChI=1S/C19H22FN3O3/c1-11-6-7-15(10-17(11)20)21-19(25)14(4)26-18(24)9-8-16-12(2)22-23(5)13(16)3/h6-10,14H,1-5H3,(H,21,25)/b9-8+/t14-/m0/s1. The molecule has 0 radical (unpaired) electrons. The molecule has 1 aromatic carbocycles. The van der Waals surface area contributed by atoms with Crippen molar-refractivity contribution in [2.75, 3.05) is 5.32 Å². The molecule has 1 atom stereocenters. The second-order valence-electron chi connectivity index (χ2n) is 6.07. The van der Waals surface area contributed by atoms with Crippen molar-refractivity contribution >= 4 is 23.6 Å². The van der Waals surface area contributed by atoms with Gasteiger partial charge in [0.1, 0.15) is 5.82 Å². The molecule has 0 fully saturated rings. The molecular formula is C19H22FN3O3. The van der Waals surface area contributed by atoms with E-state index in [1.807, 2.05) is 20.9 Å². The average molecular weight is 359 g/mol. The molecule has 6 nitrogen and oxygen atoms in total. The van der Waals surface area contributed by atoms with E-state index in [9.17, 15) is 14.0 Å². The van der Waals surface area contributed by atoms with Crippen molar-refractivity contribution in [1.82, 2.24) is 9.78 Å². The van der Waals surface area contributed by atoms with Gasteiger partial charge in [-0.3, -0.25) is 9.48 Å². The average Bonchev–Trinajstić information content (AvgIpc) is 2.81. The highest BCUT2D eigenvalue weighted by Crippen LogP contribution is 2.15. The lowest BCUT2D eigenvalue weighted by Crippen LogP contribution is -2.29. The van der Waals surface area contributed by atoms with E-state index in [-0.39, 0.29) is 0 Å². The summed E-state index contributed by atoms with van der Waals surface area (Å²) < 4.78 is 20.3. The third-order valence-electron chi connectivity index (χ3n) is 4.05. The Hall–Kier alpha value is -2.96. The number of hydrogen-bond donors (Lipinski definition) is 1. The number of hydrogen-bond acceptors (Lipinski definition) is 4. The molecule has 0 aliphatic carbocycles. The summed E-state index contributed by atoms with van der Waals surface area (Å²) in [4.78, 5) is 24.0. The normalized spacial score (nSPS) is 12.2. The molecule has 1 aromatic heterocycles. The van der Waals surface area contributed by atoms with Gasteiger partial charge in [-0.2, -0.15) is 5.10 Å². The Labute approximate surface area is 151 Å². The van der Waals surface area contributed by atoms with E-state index in [4.69, 9.17) is 4.74 Å². The molecule has 2 rings (SSSR count). The topological polar surface area (TPSA) is 73.2 Å². The molecule has 26 heavy (non-hydrogen) atoms. The SMILES string of the molecule is Cc1ccc(NC(=O)[C@H](C)OC(=O)/C=C/c2c(C)nn(C)c2C)cc1F. The zero-order valence-electron chi connectivity index (χ0n) is 15.5. The number of aryl methyl sites for hydroxylation is 3. The molecular weight excluding hydrogens is 337 g/mol. The predicted molar refractivity (Wildman–Crippen MR) is 97.0 cm³/mol. The number of ether oxygens (including phenoxy) is 1. The van der Waals surface area contributed by atoms with E-state index < -0.39 is 23.8 Å². The monoisotopic (exact) mass is 359 g/mol. The van der Waals surface area contributed by atoms with E-state index in [0.29, 0.717) is 11.3 Å². The first-order chi connectivity index (χ1) is 12.2. The van der Waals surface area contributed by atoms with E-state index in [1.54, 1.807) is 29.8 Å². The largest absolute Gasteiger partial charge is 0.449 e. The second kappa shape index (κ2) is 7.95. The van der Waals surface area contributed by atoms with Gasteiger partial charge >= 0.3 is 5.97 Å². The lowest BCUT2D eigenvalue weighted by atomic mass is 10.2. The number of carbonyl (C=O) groups excluding carboxylic acids is 2. The Morgan fingerprint density at radius 1 is 1.31 bits per heavy atom. The fourth-order valence-corrected chi connectivity index (χ4v) is 2.36. The number of nitrogens with zero attached hydrogens (tertiary/aromatic N) is 2. The highest BCUT2D eigenvalue weighted by atomic mass is 19.1. The molecule has 1 N–H and O–H groups in total. The van der Waals surface area contributed by atoms with Crippen molar-refractivity contribution < 1.29 is 18.7 Å². The first kappa shape index (κ1) is 19.4. The van der Waals surface area contributed by atoms with Crippen LogP contribution < -0.4 is 5.32 Å². The first-order valence-corrected chi connectivity index (χ1v) is 8.15. The summed E-state index contributed by atoms with van der Waals surface area (Å²) >= 11 is 0. The van der Waals surface area contributed by atoms with Gasteiger partial charge in [-0.05, 0) is 51.5 Å². The number of benzene rings is 1. The predicted octanol–water partition coefficient (Wildman–Crippen LogP) is 3.07. The van der Waals surface area contributed by atoms with Gasteiger partial charge in [0, 0.05) is 30.1 Å². The molecule has 0 spiro atoms. The summed E-state index contributed by atoms with van der Waals surface area (Å²) in [5.74, 6) is -1.60. The maximum atomic E-state index is 13.5. The van der Waals surface area contributed by atoms with Gasteiger partial charge in [0.2, 0.25) is 0 Å². The van der Waals surface area contributed by atoms with Crippen LogP contribution in [0.5, 0.6) is 0 Å². The zero-order chi connectivity index (χ0) is 19.4. The Bertz CT molecular complexity index is 871. The van der Waals surface area contributed by atoms with Gasteiger partial charge in [0.15, 0.2) is 6.10 Å². The molecule has 1 amide bonds. The summed E-state index contributed by atoms with van der Waals surface area (Å²) in [7, 11) is 1.82. The summed E-state index contributed by atoms with van der Waals surface area (Å²) in [6, 6.07) is 4.36. The Kier molecular flexibility index (Phi) is 5.92. The minimum Gasteiger partial charge on any atom is -0.449 e. The zero-order valence-corrected chi connectivity index (χ0v) is 15.5.